The minimum Gasteiger partial charge on any atom is -0.364 e. The zero-order valence-electron chi connectivity index (χ0n) is 28.8. The lowest BCUT2D eigenvalue weighted by Gasteiger charge is -2.05. The van der Waals surface area contributed by atoms with E-state index >= 15 is 0 Å². The second-order valence-corrected chi connectivity index (χ2v) is 10.4. The zero-order valence-corrected chi connectivity index (χ0v) is 28.8. The van der Waals surface area contributed by atoms with Crippen LogP contribution in [0.1, 0.15) is 194 Å². The van der Waals surface area contributed by atoms with Crippen molar-refractivity contribution in [2.45, 2.75) is 160 Å². The van der Waals surface area contributed by atoms with E-state index in [2.05, 4.69) is 98.6 Å². The Kier molecular flexibility index (Phi) is 24.8. The van der Waals surface area contributed by atoms with Gasteiger partial charge in [-0.1, -0.05) is 140 Å². The topological polar surface area (TPSA) is 78.1 Å². The average molecular weight is 550 g/mol. The van der Waals surface area contributed by atoms with Crippen LogP contribution in [-0.4, -0.2) is 15.5 Å². The molecule has 0 aromatic carbocycles. The van der Waals surface area contributed by atoms with E-state index in [0.717, 1.165) is 17.1 Å². The van der Waals surface area contributed by atoms with Gasteiger partial charge < -0.3 is 13.6 Å². The minimum atomic E-state index is 0.440. The zero-order chi connectivity index (χ0) is 31.3. The highest BCUT2D eigenvalue weighted by Crippen LogP contribution is 2.26. The molecule has 0 aliphatic rings. The summed E-state index contributed by atoms with van der Waals surface area (Å²) in [5.41, 5.74) is 5.90. The average Bonchev–Trinajstić information content (AvgIpc) is 3.68. The van der Waals surface area contributed by atoms with Gasteiger partial charge in [-0.15, -0.1) is 0 Å². The fourth-order valence-corrected chi connectivity index (χ4v) is 3.38. The highest BCUT2D eigenvalue weighted by atomic mass is 16.5. The molecule has 0 amide bonds. The van der Waals surface area contributed by atoms with Crippen LogP contribution < -0.4 is 0 Å². The summed E-state index contributed by atoms with van der Waals surface area (Å²) >= 11 is 0. The third-order valence-corrected chi connectivity index (χ3v) is 5.36. The van der Waals surface area contributed by atoms with Crippen LogP contribution in [0.2, 0.25) is 0 Å². The first kappa shape index (κ1) is 41.1. The van der Waals surface area contributed by atoms with E-state index in [1.54, 1.807) is 12.5 Å². The van der Waals surface area contributed by atoms with Gasteiger partial charge in [0.2, 0.25) is 0 Å². The molecule has 0 saturated heterocycles. The molecule has 3 aromatic heterocycles. The summed E-state index contributed by atoms with van der Waals surface area (Å²) in [4.78, 5) is 0. The maximum atomic E-state index is 5.14. The van der Waals surface area contributed by atoms with E-state index < -0.39 is 0 Å². The summed E-state index contributed by atoms with van der Waals surface area (Å²) in [6.45, 7) is 37.7. The Balaban J connectivity index is -0.000000453. The third-order valence-electron chi connectivity index (χ3n) is 5.36. The van der Waals surface area contributed by atoms with Crippen LogP contribution in [0.5, 0.6) is 0 Å². The van der Waals surface area contributed by atoms with Crippen LogP contribution in [0.15, 0.2) is 32.3 Å². The van der Waals surface area contributed by atoms with Crippen molar-refractivity contribution in [1.82, 2.24) is 15.5 Å². The smallest absolute Gasteiger partial charge is 0.142 e. The van der Waals surface area contributed by atoms with E-state index in [9.17, 15) is 0 Å². The van der Waals surface area contributed by atoms with Gasteiger partial charge in [0.1, 0.15) is 18.3 Å². The van der Waals surface area contributed by atoms with Crippen molar-refractivity contribution in [2.24, 2.45) is 0 Å². The SMILES string of the molecule is CC.CC.CC.CC(C)c1cnoc1C(C)C.CC(C)c1conc1C(C)C.CC(C)c1conc1C(C)C. The van der Waals surface area contributed by atoms with Gasteiger partial charge in [-0.05, 0) is 29.6 Å². The second-order valence-electron chi connectivity index (χ2n) is 10.4. The first-order chi connectivity index (χ1) is 18.4. The summed E-state index contributed by atoms with van der Waals surface area (Å²) < 4.78 is 15.0. The Morgan fingerprint density at radius 2 is 0.795 bits per heavy atom. The van der Waals surface area contributed by atoms with Gasteiger partial charge in [-0.25, -0.2) is 0 Å². The van der Waals surface area contributed by atoms with E-state index in [1.165, 1.54) is 16.7 Å². The van der Waals surface area contributed by atoms with Crippen molar-refractivity contribution in [3.8, 4) is 0 Å². The van der Waals surface area contributed by atoms with Crippen LogP contribution in [0.4, 0.5) is 0 Å². The molecule has 0 radical (unpaired) electrons. The lowest BCUT2D eigenvalue weighted by molar-refractivity contribution is 0.368. The molecule has 0 atom stereocenters. The van der Waals surface area contributed by atoms with Crippen LogP contribution >= 0.6 is 0 Å². The predicted octanol–water partition coefficient (Wildman–Crippen LogP) is 11.8. The summed E-state index contributed by atoms with van der Waals surface area (Å²) in [5, 5.41) is 11.7. The largest absolute Gasteiger partial charge is 0.364 e. The minimum absolute atomic E-state index is 0.440. The Bertz CT molecular complexity index is 729. The van der Waals surface area contributed by atoms with Crippen molar-refractivity contribution < 1.29 is 13.6 Å². The molecule has 39 heavy (non-hydrogen) atoms. The van der Waals surface area contributed by atoms with E-state index in [4.69, 9.17) is 13.6 Å². The molecule has 3 heterocycles. The number of rotatable bonds is 6. The molecular weight excluding hydrogens is 486 g/mol. The molecule has 0 unspecified atom stereocenters. The van der Waals surface area contributed by atoms with Gasteiger partial charge in [0, 0.05) is 22.6 Å². The maximum Gasteiger partial charge on any atom is 0.142 e. The van der Waals surface area contributed by atoms with E-state index in [-0.39, 0.29) is 0 Å². The molecule has 0 aliphatic carbocycles. The van der Waals surface area contributed by atoms with Gasteiger partial charge >= 0.3 is 0 Å². The standard InChI is InChI=1S/3C9H15NO.3C2H6/c2*1-6(2)8-5-11-10-9(8)7(3)4;1-6(2)8-5-10-11-9(8)7(3)4;3*1-2/h3*5-7H,1-4H3;3*1-2H3. The highest BCUT2D eigenvalue weighted by molar-refractivity contribution is 5.22. The monoisotopic (exact) mass is 549 g/mol. The number of aromatic nitrogens is 3. The molecule has 3 rings (SSSR count). The summed E-state index contributed by atoms with van der Waals surface area (Å²) in [6, 6.07) is 0. The Morgan fingerprint density at radius 1 is 0.462 bits per heavy atom. The first-order valence-electron chi connectivity index (χ1n) is 15.2. The Labute approximate surface area is 241 Å². The molecule has 0 spiro atoms. The summed E-state index contributed by atoms with van der Waals surface area (Å²) in [6.07, 6.45) is 5.32. The van der Waals surface area contributed by atoms with E-state index in [1.807, 2.05) is 47.7 Å². The molecule has 0 N–H and O–H groups in total. The van der Waals surface area contributed by atoms with Gasteiger partial charge in [0.25, 0.3) is 0 Å². The van der Waals surface area contributed by atoms with Crippen LogP contribution in [-0.2, 0) is 0 Å². The molecule has 0 saturated carbocycles. The molecule has 0 fully saturated rings. The van der Waals surface area contributed by atoms with Gasteiger partial charge in [0.15, 0.2) is 0 Å². The van der Waals surface area contributed by atoms with Crippen molar-refractivity contribution in [3.63, 3.8) is 0 Å². The van der Waals surface area contributed by atoms with Crippen molar-refractivity contribution >= 4 is 0 Å². The maximum absolute atomic E-state index is 5.14. The summed E-state index contributed by atoms with van der Waals surface area (Å²) in [7, 11) is 0. The normalized spacial score (nSPS) is 10.2. The molecule has 3 aromatic rings. The Hall–Kier alpha value is -2.37. The van der Waals surface area contributed by atoms with Crippen LogP contribution in [0, 0.1) is 0 Å². The van der Waals surface area contributed by atoms with E-state index in [0.29, 0.717) is 35.5 Å². The highest BCUT2D eigenvalue weighted by Gasteiger charge is 2.15. The van der Waals surface area contributed by atoms with Gasteiger partial charge in [-0.2, -0.15) is 0 Å². The van der Waals surface area contributed by atoms with Crippen molar-refractivity contribution in [2.75, 3.05) is 0 Å². The van der Waals surface area contributed by atoms with Gasteiger partial charge in [-0.3, -0.25) is 0 Å². The van der Waals surface area contributed by atoms with Crippen molar-refractivity contribution in [1.29, 1.82) is 0 Å². The molecular formula is C33H63N3O3. The predicted molar refractivity (Wildman–Crippen MR) is 168 cm³/mol. The fraction of sp³-hybridized carbons (Fsp3) is 0.727. The number of nitrogens with zero attached hydrogens (tertiary/aromatic N) is 3. The number of hydrogen-bond acceptors (Lipinski definition) is 6. The summed E-state index contributed by atoms with van der Waals surface area (Å²) in [5.74, 6) is 3.93. The lowest BCUT2D eigenvalue weighted by Crippen LogP contribution is -1.95. The molecule has 6 heteroatoms. The molecule has 0 aliphatic heterocycles. The fourth-order valence-electron chi connectivity index (χ4n) is 3.38. The molecule has 228 valence electrons. The first-order valence-corrected chi connectivity index (χ1v) is 15.2. The third kappa shape index (κ3) is 15.1. The Morgan fingerprint density at radius 3 is 1.00 bits per heavy atom. The van der Waals surface area contributed by atoms with Crippen LogP contribution in [0.3, 0.4) is 0 Å². The quantitative estimate of drug-likeness (QED) is 0.304. The van der Waals surface area contributed by atoms with Gasteiger partial charge in [0.05, 0.1) is 17.6 Å². The van der Waals surface area contributed by atoms with Crippen molar-refractivity contribution in [3.05, 3.63) is 52.6 Å². The lowest BCUT2D eigenvalue weighted by atomic mass is 9.98. The molecule has 6 nitrogen and oxygen atoms in total. The second kappa shape index (κ2) is 23.5. The molecule has 0 bridgehead atoms. The number of hydrogen-bond donors (Lipinski definition) is 0. The van der Waals surface area contributed by atoms with Crippen LogP contribution in [0.25, 0.3) is 0 Å².